The Hall–Kier alpha value is -2.11. The summed E-state index contributed by atoms with van der Waals surface area (Å²) in [5.74, 6) is 0.957. The monoisotopic (exact) mass is 395 g/mol. The maximum Gasteiger partial charge on any atom is 0.240 e. The lowest BCUT2D eigenvalue weighted by Crippen LogP contribution is -2.41. The summed E-state index contributed by atoms with van der Waals surface area (Å²) in [6, 6.07) is 17.3. The molecule has 2 unspecified atom stereocenters. The fourth-order valence-electron chi connectivity index (χ4n) is 4.58. The zero-order chi connectivity index (χ0) is 19.9. The van der Waals surface area contributed by atoms with Crippen LogP contribution in [0.3, 0.4) is 0 Å². The molecule has 0 saturated carbocycles. The molecule has 1 fully saturated rings. The van der Waals surface area contributed by atoms with Crippen molar-refractivity contribution in [1.29, 1.82) is 0 Å². The van der Waals surface area contributed by atoms with Gasteiger partial charge in [0.1, 0.15) is 11.2 Å². The minimum atomic E-state index is -1.27. The van der Waals surface area contributed by atoms with Crippen molar-refractivity contribution >= 4 is 19.7 Å². The number of amides is 1. The lowest BCUT2D eigenvalue weighted by Gasteiger charge is -2.24. The van der Waals surface area contributed by atoms with E-state index in [0.717, 1.165) is 35.0 Å². The first-order chi connectivity index (χ1) is 13.3. The van der Waals surface area contributed by atoms with Gasteiger partial charge in [-0.15, -0.1) is 0 Å². The molecule has 2 aromatic carbocycles. The van der Waals surface area contributed by atoms with Gasteiger partial charge in [-0.05, 0) is 41.8 Å². The molecule has 28 heavy (non-hydrogen) atoms. The third-order valence-electron chi connectivity index (χ3n) is 5.83. The first kappa shape index (κ1) is 19.2. The standard InChI is InChI=1S/C23H29NO3Si/c1-26-18-10-11-21-20(12-18)23(13-19(27-16-23)15-28(2,3)4)22(25)24(21)14-17-8-6-5-7-9-17/h5-12,19H,13-16H2,1-4H3. The predicted molar refractivity (Wildman–Crippen MR) is 115 cm³/mol. The van der Waals surface area contributed by atoms with E-state index >= 15 is 0 Å². The summed E-state index contributed by atoms with van der Waals surface area (Å²) in [6.07, 6.45) is 0.924. The molecule has 0 radical (unpaired) electrons. The molecule has 2 heterocycles. The molecule has 0 aromatic heterocycles. The van der Waals surface area contributed by atoms with Gasteiger partial charge in [-0.25, -0.2) is 0 Å². The van der Waals surface area contributed by atoms with E-state index in [1.807, 2.05) is 41.3 Å². The molecule has 5 heteroatoms. The molecular weight excluding hydrogens is 366 g/mol. The van der Waals surface area contributed by atoms with Gasteiger partial charge in [-0.3, -0.25) is 4.79 Å². The lowest BCUT2D eigenvalue weighted by molar-refractivity contribution is -0.123. The molecule has 0 bridgehead atoms. The number of hydrogen-bond acceptors (Lipinski definition) is 3. The van der Waals surface area contributed by atoms with Gasteiger partial charge >= 0.3 is 0 Å². The van der Waals surface area contributed by atoms with Crippen LogP contribution in [0, 0.1) is 0 Å². The first-order valence-electron chi connectivity index (χ1n) is 9.98. The minimum Gasteiger partial charge on any atom is -0.497 e. The molecular formula is C23H29NO3Si. The van der Waals surface area contributed by atoms with E-state index < -0.39 is 13.5 Å². The molecule has 148 valence electrons. The molecule has 2 aliphatic heterocycles. The van der Waals surface area contributed by atoms with Crippen molar-refractivity contribution in [2.24, 2.45) is 0 Å². The van der Waals surface area contributed by atoms with Gasteiger partial charge < -0.3 is 14.4 Å². The predicted octanol–water partition coefficient (Wildman–Crippen LogP) is 4.61. The summed E-state index contributed by atoms with van der Waals surface area (Å²) in [6.45, 7) is 8.12. The van der Waals surface area contributed by atoms with E-state index in [1.165, 1.54) is 0 Å². The first-order valence-corrected chi connectivity index (χ1v) is 13.7. The SMILES string of the molecule is COc1ccc2c(c1)C1(COC(C[Si](C)(C)C)C1)C(=O)N2Cc1ccccc1. The Bertz CT molecular complexity index is 877. The Morgan fingerprint density at radius 1 is 1.18 bits per heavy atom. The number of hydrogen-bond donors (Lipinski definition) is 0. The number of methoxy groups -OCH3 is 1. The molecule has 1 saturated heterocycles. The van der Waals surface area contributed by atoms with Gasteiger partial charge in [-0.2, -0.15) is 0 Å². The van der Waals surface area contributed by atoms with Gasteiger partial charge in [0.15, 0.2) is 0 Å². The van der Waals surface area contributed by atoms with Crippen LogP contribution in [0.4, 0.5) is 5.69 Å². The van der Waals surface area contributed by atoms with Crippen LogP contribution < -0.4 is 9.64 Å². The average molecular weight is 396 g/mol. The van der Waals surface area contributed by atoms with Gasteiger partial charge in [0, 0.05) is 13.8 Å². The number of nitrogens with zero attached hydrogens (tertiary/aromatic N) is 1. The summed E-state index contributed by atoms with van der Waals surface area (Å²) in [5.41, 5.74) is 2.60. The zero-order valence-electron chi connectivity index (χ0n) is 17.2. The Balaban J connectivity index is 1.71. The number of carbonyl (C=O) groups excluding carboxylic acids is 1. The van der Waals surface area contributed by atoms with E-state index in [2.05, 4.69) is 31.8 Å². The smallest absolute Gasteiger partial charge is 0.240 e. The van der Waals surface area contributed by atoms with Crippen molar-refractivity contribution in [2.45, 2.75) is 50.2 Å². The molecule has 4 nitrogen and oxygen atoms in total. The third-order valence-corrected chi connectivity index (χ3v) is 7.51. The van der Waals surface area contributed by atoms with Crippen LogP contribution in [0.25, 0.3) is 0 Å². The molecule has 1 spiro atoms. The van der Waals surface area contributed by atoms with Crippen molar-refractivity contribution in [1.82, 2.24) is 0 Å². The zero-order valence-corrected chi connectivity index (χ0v) is 18.2. The Morgan fingerprint density at radius 2 is 1.93 bits per heavy atom. The second kappa shape index (κ2) is 7.05. The average Bonchev–Trinajstić information content (AvgIpc) is 3.17. The van der Waals surface area contributed by atoms with Crippen molar-refractivity contribution in [3.05, 3.63) is 59.7 Å². The van der Waals surface area contributed by atoms with Gasteiger partial charge in [0.2, 0.25) is 5.91 Å². The van der Waals surface area contributed by atoms with E-state index in [1.54, 1.807) is 7.11 Å². The van der Waals surface area contributed by atoms with Crippen LogP contribution in [0.5, 0.6) is 5.75 Å². The molecule has 0 aliphatic carbocycles. The van der Waals surface area contributed by atoms with Crippen LogP contribution in [-0.4, -0.2) is 33.8 Å². The van der Waals surface area contributed by atoms with Gasteiger partial charge in [-0.1, -0.05) is 50.0 Å². The van der Waals surface area contributed by atoms with Crippen molar-refractivity contribution < 1.29 is 14.3 Å². The second-order valence-corrected chi connectivity index (χ2v) is 14.8. The summed E-state index contributed by atoms with van der Waals surface area (Å²) in [4.78, 5) is 15.7. The molecule has 2 aliphatic rings. The summed E-state index contributed by atoms with van der Waals surface area (Å²) < 4.78 is 11.7. The largest absolute Gasteiger partial charge is 0.497 e. The lowest BCUT2D eigenvalue weighted by atomic mass is 9.79. The Labute approximate surface area is 168 Å². The highest BCUT2D eigenvalue weighted by Gasteiger charge is 2.56. The topological polar surface area (TPSA) is 38.8 Å². The normalized spacial score (nSPS) is 24.1. The number of benzene rings is 2. The fraction of sp³-hybridized carbons (Fsp3) is 0.435. The molecule has 2 aromatic rings. The molecule has 1 amide bonds. The highest BCUT2D eigenvalue weighted by Crippen LogP contribution is 2.50. The van der Waals surface area contributed by atoms with Crippen LogP contribution >= 0.6 is 0 Å². The maximum absolute atomic E-state index is 13.7. The van der Waals surface area contributed by atoms with Gasteiger partial charge in [0.05, 0.1) is 26.4 Å². The van der Waals surface area contributed by atoms with Crippen LogP contribution in [0.2, 0.25) is 25.7 Å². The molecule has 0 N–H and O–H groups in total. The quantitative estimate of drug-likeness (QED) is 0.694. The number of fused-ring (bicyclic) bond motifs is 2. The van der Waals surface area contributed by atoms with Crippen LogP contribution in [-0.2, 0) is 21.5 Å². The summed E-state index contributed by atoms with van der Waals surface area (Å²) >= 11 is 0. The number of rotatable bonds is 5. The van der Waals surface area contributed by atoms with E-state index in [-0.39, 0.29) is 12.0 Å². The van der Waals surface area contributed by atoms with E-state index in [9.17, 15) is 4.79 Å². The number of carbonyl (C=O) groups is 1. The van der Waals surface area contributed by atoms with E-state index in [0.29, 0.717) is 13.2 Å². The maximum atomic E-state index is 13.7. The summed E-state index contributed by atoms with van der Waals surface area (Å²) in [5, 5.41) is 0. The van der Waals surface area contributed by atoms with Crippen LogP contribution in [0.1, 0.15) is 17.5 Å². The van der Waals surface area contributed by atoms with Crippen molar-refractivity contribution in [3.63, 3.8) is 0 Å². The third kappa shape index (κ3) is 3.38. The Kier molecular flexibility index (Phi) is 4.84. The summed E-state index contributed by atoms with van der Waals surface area (Å²) in [7, 11) is 0.399. The van der Waals surface area contributed by atoms with Gasteiger partial charge in [0.25, 0.3) is 0 Å². The highest BCUT2D eigenvalue weighted by atomic mass is 28.3. The van der Waals surface area contributed by atoms with E-state index in [4.69, 9.17) is 9.47 Å². The van der Waals surface area contributed by atoms with Crippen LogP contribution in [0.15, 0.2) is 48.5 Å². The molecule has 2 atom stereocenters. The number of anilines is 1. The highest BCUT2D eigenvalue weighted by molar-refractivity contribution is 6.76. The van der Waals surface area contributed by atoms with Crippen molar-refractivity contribution in [2.75, 3.05) is 18.6 Å². The number of ether oxygens (including phenoxy) is 2. The second-order valence-electron chi connectivity index (χ2n) is 9.24. The minimum absolute atomic E-state index is 0.159. The fourth-order valence-corrected chi connectivity index (χ4v) is 6.21. The Morgan fingerprint density at radius 3 is 2.61 bits per heavy atom. The van der Waals surface area contributed by atoms with Crippen molar-refractivity contribution in [3.8, 4) is 5.75 Å². The molecule has 4 rings (SSSR count).